The summed E-state index contributed by atoms with van der Waals surface area (Å²) in [7, 11) is 0. The maximum Gasteiger partial charge on any atom is 0.315 e. The molecule has 0 amide bonds. The van der Waals surface area contributed by atoms with Crippen LogP contribution in [-0.2, 0) is 9.53 Å². The monoisotopic (exact) mass is 230 g/mol. The van der Waals surface area contributed by atoms with Crippen molar-refractivity contribution in [3.8, 4) is 0 Å². The van der Waals surface area contributed by atoms with Crippen LogP contribution in [-0.4, -0.2) is 34.8 Å². The van der Waals surface area contributed by atoms with E-state index in [-0.39, 0.29) is 5.97 Å². The van der Waals surface area contributed by atoms with E-state index in [0.717, 1.165) is 31.4 Å². The molecule has 1 heterocycles. The Hall–Kier alpha value is -0.220. The molecule has 0 spiro atoms. The van der Waals surface area contributed by atoms with Gasteiger partial charge in [0.2, 0.25) is 0 Å². The Morgan fingerprint density at radius 1 is 1.47 bits per heavy atom. The van der Waals surface area contributed by atoms with E-state index in [0.29, 0.717) is 12.4 Å². The molecule has 1 aliphatic carbocycles. The molecule has 1 saturated carbocycles. The molecule has 2 fully saturated rings. The highest BCUT2D eigenvalue weighted by atomic mass is 32.2. The average molecular weight is 230 g/mol. The lowest BCUT2D eigenvalue weighted by atomic mass is 9.81. The Morgan fingerprint density at radius 2 is 2.20 bits per heavy atom. The summed E-state index contributed by atoms with van der Waals surface area (Å²) in [6, 6.07) is 0. The summed E-state index contributed by atoms with van der Waals surface area (Å²) in [4.78, 5) is 11.8. The Morgan fingerprint density at radius 3 is 2.67 bits per heavy atom. The highest BCUT2D eigenvalue weighted by Crippen LogP contribution is 2.58. The van der Waals surface area contributed by atoms with Crippen molar-refractivity contribution in [1.29, 1.82) is 0 Å². The molecule has 2 aliphatic rings. The van der Waals surface area contributed by atoms with Gasteiger partial charge in [0, 0.05) is 5.75 Å². The van der Waals surface area contributed by atoms with E-state index in [9.17, 15) is 9.90 Å². The summed E-state index contributed by atoms with van der Waals surface area (Å²) >= 11 is 1.75. The summed E-state index contributed by atoms with van der Waals surface area (Å²) in [6.07, 6.45) is 3.34. The van der Waals surface area contributed by atoms with Gasteiger partial charge in [0.05, 0.1) is 17.6 Å². The van der Waals surface area contributed by atoms with Crippen LogP contribution in [0, 0.1) is 5.41 Å². The molecule has 1 N–H and O–H groups in total. The minimum absolute atomic E-state index is 0.185. The molecule has 1 atom stereocenters. The number of rotatable bonds is 3. The third kappa shape index (κ3) is 1.78. The molecule has 3 nitrogen and oxygen atoms in total. The first-order valence-corrected chi connectivity index (χ1v) is 6.77. The largest absolute Gasteiger partial charge is 0.465 e. The number of carbonyl (C=O) groups is 1. The van der Waals surface area contributed by atoms with Gasteiger partial charge in [-0.25, -0.2) is 0 Å². The molecular weight excluding hydrogens is 212 g/mol. The zero-order valence-electron chi connectivity index (χ0n) is 9.12. The van der Waals surface area contributed by atoms with Crippen molar-refractivity contribution in [2.24, 2.45) is 5.41 Å². The van der Waals surface area contributed by atoms with Crippen LogP contribution in [0.3, 0.4) is 0 Å². The molecule has 0 aromatic carbocycles. The summed E-state index contributed by atoms with van der Waals surface area (Å²) in [6.45, 7) is 2.22. The first-order valence-electron chi connectivity index (χ1n) is 5.62. The van der Waals surface area contributed by atoms with Gasteiger partial charge in [0.1, 0.15) is 0 Å². The van der Waals surface area contributed by atoms with Crippen molar-refractivity contribution in [2.75, 3.05) is 18.1 Å². The van der Waals surface area contributed by atoms with Crippen LogP contribution < -0.4 is 0 Å². The van der Waals surface area contributed by atoms with Crippen LogP contribution in [0.15, 0.2) is 0 Å². The van der Waals surface area contributed by atoms with Gasteiger partial charge in [-0.15, -0.1) is 0 Å². The second-order valence-corrected chi connectivity index (χ2v) is 5.60. The van der Waals surface area contributed by atoms with E-state index in [1.807, 2.05) is 6.92 Å². The third-order valence-corrected chi connectivity index (χ3v) is 4.79. The zero-order valence-corrected chi connectivity index (χ0v) is 9.94. The van der Waals surface area contributed by atoms with Crippen molar-refractivity contribution in [2.45, 2.75) is 38.2 Å². The number of esters is 1. The summed E-state index contributed by atoms with van der Waals surface area (Å²) in [5.41, 5.74) is -1.36. The van der Waals surface area contributed by atoms with Gasteiger partial charge in [0.15, 0.2) is 0 Å². The summed E-state index contributed by atoms with van der Waals surface area (Å²) in [5, 5.41) is 10.5. The molecule has 0 bridgehead atoms. The van der Waals surface area contributed by atoms with Gasteiger partial charge in [-0.2, -0.15) is 11.8 Å². The van der Waals surface area contributed by atoms with E-state index >= 15 is 0 Å². The summed E-state index contributed by atoms with van der Waals surface area (Å²) in [5.74, 6) is 1.60. The molecule has 0 aromatic rings. The Balaban J connectivity index is 2.10. The molecule has 4 heteroatoms. The van der Waals surface area contributed by atoms with E-state index in [1.54, 1.807) is 11.8 Å². The maximum absolute atomic E-state index is 11.8. The van der Waals surface area contributed by atoms with Gasteiger partial charge in [0.25, 0.3) is 0 Å². The number of thioether (sulfide) groups is 1. The normalized spacial score (nSPS) is 33.5. The number of carbonyl (C=O) groups excluding carboxylic acids is 1. The van der Waals surface area contributed by atoms with Crippen molar-refractivity contribution in [1.82, 2.24) is 0 Å². The van der Waals surface area contributed by atoms with Crippen LogP contribution in [0.2, 0.25) is 0 Å². The Labute approximate surface area is 94.6 Å². The van der Waals surface area contributed by atoms with Crippen molar-refractivity contribution in [3.63, 3.8) is 0 Å². The Kier molecular flexibility index (Phi) is 2.99. The number of hydrogen-bond donors (Lipinski definition) is 1. The molecule has 1 unspecified atom stereocenters. The molecule has 86 valence electrons. The van der Waals surface area contributed by atoms with Gasteiger partial charge in [-0.05, 0) is 38.4 Å². The standard InChI is InChI=1S/C11H18O3S/c1-2-14-9(12)10(5-6-10)11(13)4-3-7-15-8-11/h13H,2-8H2,1H3. The van der Waals surface area contributed by atoms with Gasteiger partial charge >= 0.3 is 5.97 Å². The predicted octanol–water partition coefficient (Wildman–Crippen LogP) is 1.59. The highest BCUT2D eigenvalue weighted by molar-refractivity contribution is 7.99. The van der Waals surface area contributed by atoms with Crippen LogP contribution in [0.5, 0.6) is 0 Å². The topological polar surface area (TPSA) is 46.5 Å². The minimum atomic E-state index is -0.803. The molecule has 1 aliphatic heterocycles. The van der Waals surface area contributed by atoms with E-state index in [1.165, 1.54) is 0 Å². The Bertz CT molecular complexity index is 255. The molecule has 2 rings (SSSR count). The van der Waals surface area contributed by atoms with Crippen molar-refractivity contribution < 1.29 is 14.6 Å². The van der Waals surface area contributed by atoms with Crippen molar-refractivity contribution in [3.05, 3.63) is 0 Å². The summed E-state index contributed by atoms with van der Waals surface area (Å²) < 4.78 is 5.08. The zero-order chi connectivity index (χ0) is 10.9. The van der Waals surface area contributed by atoms with E-state index in [4.69, 9.17) is 4.74 Å². The van der Waals surface area contributed by atoms with Crippen LogP contribution in [0.1, 0.15) is 32.6 Å². The molecule has 0 aromatic heterocycles. The molecule has 0 radical (unpaired) electrons. The van der Waals surface area contributed by atoms with Gasteiger partial charge in [-0.3, -0.25) is 4.79 Å². The van der Waals surface area contributed by atoms with Crippen LogP contribution in [0.4, 0.5) is 0 Å². The molecular formula is C11H18O3S. The first kappa shape index (κ1) is 11.3. The lowest BCUT2D eigenvalue weighted by Gasteiger charge is -2.37. The van der Waals surface area contributed by atoms with Gasteiger partial charge in [-0.1, -0.05) is 0 Å². The fourth-order valence-corrected chi connectivity index (χ4v) is 3.66. The van der Waals surface area contributed by atoms with E-state index < -0.39 is 11.0 Å². The number of hydrogen-bond acceptors (Lipinski definition) is 4. The molecule has 15 heavy (non-hydrogen) atoms. The lowest BCUT2D eigenvalue weighted by Crippen LogP contribution is -2.49. The first-order chi connectivity index (χ1) is 7.15. The lowest BCUT2D eigenvalue weighted by molar-refractivity contribution is -0.161. The van der Waals surface area contributed by atoms with Crippen LogP contribution in [0.25, 0.3) is 0 Å². The highest BCUT2D eigenvalue weighted by Gasteiger charge is 2.64. The van der Waals surface area contributed by atoms with Crippen molar-refractivity contribution >= 4 is 17.7 Å². The number of aliphatic hydroxyl groups is 1. The smallest absolute Gasteiger partial charge is 0.315 e. The fraction of sp³-hybridized carbons (Fsp3) is 0.909. The van der Waals surface area contributed by atoms with E-state index in [2.05, 4.69) is 0 Å². The average Bonchev–Trinajstić information content (AvgIpc) is 3.00. The fourth-order valence-electron chi connectivity index (χ4n) is 2.41. The number of ether oxygens (including phenoxy) is 1. The second-order valence-electron chi connectivity index (χ2n) is 4.49. The van der Waals surface area contributed by atoms with Crippen LogP contribution >= 0.6 is 11.8 Å². The van der Waals surface area contributed by atoms with Gasteiger partial charge < -0.3 is 9.84 Å². The quantitative estimate of drug-likeness (QED) is 0.748. The SMILES string of the molecule is CCOC(=O)C1(C2(O)CCCSC2)CC1. The third-order valence-electron chi connectivity index (χ3n) is 3.53. The minimum Gasteiger partial charge on any atom is -0.465 e. The predicted molar refractivity (Wildman–Crippen MR) is 59.8 cm³/mol. The second kappa shape index (κ2) is 3.98. The maximum atomic E-state index is 11.8. The molecule has 1 saturated heterocycles.